The number of rotatable bonds is 4. The van der Waals surface area contributed by atoms with Gasteiger partial charge in [-0.05, 0) is 13.0 Å². The van der Waals surface area contributed by atoms with Crippen molar-refractivity contribution in [2.45, 2.75) is 32.9 Å². The molecule has 0 aliphatic heterocycles. The maximum atomic E-state index is 8.94. The summed E-state index contributed by atoms with van der Waals surface area (Å²) in [7, 11) is 0. The Morgan fingerprint density at radius 2 is 2.00 bits per heavy atom. The molecule has 0 saturated carbocycles. The van der Waals surface area contributed by atoms with E-state index in [0.717, 1.165) is 19.4 Å². The van der Waals surface area contributed by atoms with Crippen molar-refractivity contribution < 1.29 is 5.11 Å². The van der Waals surface area contributed by atoms with E-state index in [0.29, 0.717) is 0 Å². The van der Waals surface area contributed by atoms with Crippen LogP contribution in [-0.4, -0.2) is 17.9 Å². The van der Waals surface area contributed by atoms with E-state index in [9.17, 15) is 0 Å². The second-order valence-electron chi connectivity index (χ2n) is 1.86. The fourth-order valence-electron chi connectivity index (χ4n) is 0.611. The first-order valence-electron chi connectivity index (χ1n) is 3.22. The second-order valence-corrected chi connectivity index (χ2v) is 1.86. The molecule has 2 nitrogen and oxygen atoms in total. The summed E-state index contributed by atoms with van der Waals surface area (Å²) in [5, 5.41) is 11.8. The third-order valence-electron chi connectivity index (χ3n) is 1.00. The smallest absolute Gasteiger partial charge is 0.104 e. The third-order valence-corrected chi connectivity index (χ3v) is 1.00. The van der Waals surface area contributed by atoms with Crippen LogP contribution >= 0.6 is 12.4 Å². The van der Waals surface area contributed by atoms with E-state index in [1.807, 2.05) is 6.92 Å². The summed E-state index contributed by atoms with van der Waals surface area (Å²) in [6, 6.07) is 0. The molecule has 0 aromatic heterocycles. The monoisotopic (exact) mass is 153 g/mol. The first-order valence-corrected chi connectivity index (χ1v) is 3.22. The molecule has 0 radical (unpaired) electrons. The summed E-state index contributed by atoms with van der Waals surface area (Å²) in [4.78, 5) is 0. The number of aliphatic hydroxyl groups is 1. The lowest BCUT2D eigenvalue weighted by Crippen LogP contribution is -2.27. The molecule has 0 rings (SSSR count). The van der Waals surface area contributed by atoms with E-state index >= 15 is 0 Å². The van der Waals surface area contributed by atoms with Gasteiger partial charge in [-0.2, -0.15) is 0 Å². The number of halogens is 1. The molecule has 0 amide bonds. The van der Waals surface area contributed by atoms with Gasteiger partial charge in [0.1, 0.15) is 6.23 Å². The lowest BCUT2D eigenvalue weighted by atomic mass is 10.3. The molecule has 2 N–H and O–H groups in total. The molecular weight excluding hydrogens is 138 g/mol. The zero-order chi connectivity index (χ0) is 6.41. The number of hydrogen-bond acceptors (Lipinski definition) is 2. The summed E-state index contributed by atoms with van der Waals surface area (Å²) in [6.07, 6.45) is 1.60. The van der Waals surface area contributed by atoms with Crippen LogP contribution in [0.1, 0.15) is 26.7 Å². The summed E-state index contributed by atoms with van der Waals surface area (Å²) < 4.78 is 0. The van der Waals surface area contributed by atoms with Crippen molar-refractivity contribution in [2.75, 3.05) is 6.54 Å². The fourth-order valence-corrected chi connectivity index (χ4v) is 0.611. The molecule has 0 heterocycles. The average molecular weight is 154 g/mol. The van der Waals surface area contributed by atoms with Gasteiger partial charge in [-0.3, -0.25) is 5.32 Å². The molecule has 0 bridgehead atoms. The van der Waals surface area contributed by atoms with Gasteiger partial charge < -0.3 is 5.11 Å². The Balaban J connectivity index is 0. The Kier molecular flexibility index (Phi) is 10.9. The normalized spacial score (nSPS) is 12.3. The Morgan fingerprint density at radius 3 is 2.33 bits per heavy atom. The average Bonchev–Trinajstić information content (AvgIpc) is 1.68. The number of hydrogen-bond donors (Lipinski definition) is 2. The molecule has 1 atom stereocenters. The Bertz CT molecular complexity index is 46.3. The maximum absolute atomic E-state index is 8.94. The number of nitrogens with one attached hydrogen (secondary N) is 1. The Labute approximate surface area is 63.1 Å². The zero-order valence-corrected chi connectivity index (χ0v) is 6.87. The Hall–Kier alpha value is 0.210. The first-order chi connectivity index (χ1) is 3.81. The molecule has 0 aliphatic carbocycles. The highest BCUT2D eigenvalue weighted by molar-refractivity contribution is 5.85. The van der Waals surface area contributed by atoms with Crippen LogP contribution in [0.2, 0.25) is 0 Å². The van der Waals surface area contributed by atoms with Gasteiger partial charge in [-0.15, -0.1) is 12.4 Å². The molecule has 0 aromatic rings. The van der Waals surface area contributed by atoms with Crippen LogP contribution in [0, 0.1) is 0 Å². The van der Waals surface area contributed by atoms with Gasteiger partial charge in [0.2, 0.25) is 0 Å². The van der Waals surface area contributed by atoms with Crippen LogP contribution in [0.3, 0.4) is 0 Å². The van der Waals surface area contributed by atoms with Crippen LogP contribution in [0.4, 0.5) is 0 Å². The second kappa shape index (κ2) is 8.21. The van der Waals surface area contributed by atoms with E-state index in [4.69, 9.17) is 5.11 Å². The van der Waals surface area contributed by atoms with Gasteiger partial charge in [0, 0.05) is 0 Å². The minimum absolute atomic E-state index is 0. The molecule has 0 saturated heterocycles. The van der Waals surface area contributed by atoms with Gasteiger partial charge >= 0.3 is 0 Å². The van der Waals surface area contributed by atoms with Crippen LogP contribution in [0.5, 0.6) is 0 Å². The minimum Gasteiger partial charge on any atom is -0.379 e. The van der Waals surface area contributed by atoms with Gasteiger partial charge in [0.15, 0.2) is 0 Å². The van der Waals surface area contributed by atoms with E-state index < -0.39 is 0 Å². The predicted molar refractivity (Wildman–Crippen MR) is 41.8 cm³/mol. The molecule has 1 unspecified atom stereocenters. The highest BCUT2D eigenvalue weighted by Gasteiger charge is 1.95. The molecule has 58 valence electrons. The zero-order valence-electron chi connectivity index (χ0n) is 6.05. The van der Waals surface area contributed by atoms with Crippen molar-refractivity contribution in [1.29, 1.82) is 0 Å². The summed E-state index contributed by atoms with van der Waals surface area (Å²) >= 11 is 0. The van der Waals surface area contributed by atoms with Crippen molar-refractivity contribution in [3.8, 4) is 0 Å². The van der Waals surface area contributed by atoms with Crippen molar-refractivity contribution in [3.05, 3.63) is 0 Å². The predicted octanol–water partition coefficient (Wildman–Crippen LogP) is 1.14. The largest absolute Gasteiger partial charge is 0.379 e. The maximum Gasteiger partial charge on any atom is 0.104 e. The molecule has 0 fully saturated rings. The lowest BCUT2D eigenvalue weighted by Gasteiger charge is -2.07. The van der Waals surface area contributed by atoms with Crippen LogP contribution in [0.25, 0.3) is 0 Å². The molecule has 0 aromatic carbocycles. The van der Waals surface area contributed by atoms with Crippen molar-refractivity contribution >= 4 is 12.4 Å². The first kappa shape index (κ1) is 11.9. The Morgan fingerprint density at radius 1 is 1.44 bits per heavy atom. The quantitative estimate of drug-likeness (QED) is 0.594. The van der Waals surface area contributed by atoms with E-state index in [2.05, 4.69) is 12.2 Å². The van der Waals surface area contributed by atoms with Gasteiger partial charge in [0.25, 0.3) is 0 Å². The molecule has 3 heteroatoms. The highest BCUT2D eigenvalue weighted by Crippen LogP contribution is 1.89. The molecule has 0 spiro atoms. The molecule has 9 heavy (non-hydrogen) atoms. The van der Waals surface area contributed by atoms with Gasteiger partial charge in [-0.1, -0.05) is 20.3 Å². The lowest BCUT2D eigenvalue weighted by molar-refractivity contribution is 0.129. The summed E-state index contributed by atoms with van der Waals surface area (Å²) in [5.74, 6) is 0. The van der Waals surface area contributed by atoms with Crippen LogP contribution in [0.15, 0.2) is 0 Å². The SMILES string of the molecule is CCCC(O)NCC.Cl. The van der Waals surface area contributed by atoms with Gasteiger partial charge in [-0.25, -0.2) is 0 Å². The molecule has 0 aliphatic rings. The van der Waals surface area contributed by atoms with E-state index in [-0.39, 0.29) is 18.6 Å². The summed E-state index contributed by atoms with van der Waals surface area (Å²) in [6.45, 7) is 4.89. The van der Waals surface area contributed by atoms with E-state index in [1.165, 1.54) is 0 Å². The van der Waals surface area contributed by atoms with Crippen LogP contribution < -0.4 is 5.32 Å². The third kappa shape index (κ3) is 8.21. The number of aliphatic hydroxyl groups excluding tert-OH is 1. The highest BCUT2D eigenvalue weighted by atomic mass is 35.5. The van der Waals surface area contributed by atoms with E-state index in [1.54, 1.807) is 0 Å². The minimum atomic E-state index is -0.287. The van der Waals surface area contributed by atoms with Gasteiger partial charge in [0.05, 0.1) is 0 Å². The topological polar surface area (TPSA) is 32.3 Å². The van der Waals surface area contributed by atoms with Crippen molar-refractivity contribution in [2.24, 2.45) is 0 Å². The van der Waals surface area contributed by atoms with Crippen molar-refractivity contribution in [3.63, 3.8) is 0 Å². The van der Waals surface area contributed by atoms with Crippen LogP contribution in [-0.2, 0) is 0 Å². The standard InChI is InChI=1S/C6H15NO.ClH/c1-3-5-6(8)7-4-2;/h6-8H,3-5H2,1-2H3;1H. The molecular formula is C6H16ClNO. The van der Waals surface area contributed by atoms with Crippen molar-refractivity contribution in [1.82, 2.24) is 5.32 Å². The summed E-state index contributed by atoms with van der Waals surface area (Å²) in [5.41, 5.74) is 0. The fraction of sp³-hybridized carbons (Fsp3) is 1.00.